The van der Waals surface area contributed by atoms with Crippen LogP contribution in [0.4, 0.5) is 0 Å². The standard InChI is InChI=1S/C20H29NO3/c1-21-16-9-7-15(8-10-16)20(11-2-3-12-20)17-6-4-5-14(19(17)24)13-18(22)23/h4-6,15-16,21,24H,2-3,7-13H2,1H3,(H,22,23). The molecule has 1 aromatic carbocycles. The molecule has 132 valence electrons. The number of phenolic OH excluding ortho intramolecular Hbond substituents is 1. The number of phenols is 1. The molecule has 24 heavy (non-hydrogen) atoms. The summed E-state index contributed by atoms with van der Waals surface area (Å²) in [5, 5.41) is 23.3. The van der Waals surface area contributed by atoms with E-state index in [1.807, 2.05) is 19.2 Å². The number of para-hydroxylation sites is 1. The average Bonchev–Trinajstić information content (AvgIpc) is 3.07. The van der Waals surface area contributed by atoms with Gasteiger partial charge in [-0.2, -0.15) is 0 Å². The lowest BCUT2D eigenvalue weighted by atomic mass is 9.63. The quantitative estimate of drug-likeness (QED) is 0.771. The SMILES string of the molecule is CNC1CCC(C2(c3cccc(CC(=O)O)c3O)CCCC2)CC1. The highest BCUT2D eigenvalue weighted by Crippen LogP contribution is 2.53. The summed E-state index contributed by atoms with van der Waals surface area (Å²) in [5.74, 6) is -0.0643. The van der Waals surface area contributed by atoms with Crippen LogP contribution >= 0.6 is 0 Å². The van der Waals surface area contributed by atoms with Crippen LogP contribution in [-0.4, -0.2) is 29.3 Å². The predicted octanol–water partition coefficient (Wildman–Crippen LogP) is 3.61. The van der Waals surface area contributed by atoms with Gasteiger partial charge < -0.3 is 15.5 Å². The van der Waals surface area contributed by atoms with Gasteiger partial charge in [0.1, 0.15) is 5.75 Å². The highest BCUT2D eigenvalue weighted by Gasteiger charge is 2.45. The van der Waals surface area contributed by atoms with Gasteiger partial charge in [0, 0.05) is 22.6 Å². The number of aliphatic carboxylic acids is 1. The van der Waals surface area contributed by atoms with Crippen LogP contribution in [0.5, 0.6) is 5.75 Å². The lowest BCUT2D eigenvalue weighted by Crippen LogP contribution is -2.39. The van der Waals surface area contributed by atoms with Crippen molar-refractivity contribution < 1.29 is 15.0 Å². The van der Waals surface area contributed by atoms with Gasteiger partial charge in [0.15, 0.2) is 0 Å². The van der Waals surface area contributed by atoms with E-state index in [1.165, 1.54) is 38.5 Å². The topological polar surface area (TPSA) is 69.6 Å². The maximum Gasteiger partial charge on any atom is 0.307 e. The number of rotatable bonds is 5. The lowest BCUT2D eigenvalue weighted by molar-refractivity contribution is -0.136. The zero-order valence-corrected chi connectivity index (χ0v) is 14.6. The summed E-state index contributed by atoms with van der Waals surface area (Å²) in [4.78, 5) is 11.1. The van der Waals surface area contributed by atoms with E-state index in [0.29, 0.717) is 17.5 Å². The number of hydrogen-bond acceptors (Lipinski definition) is 3. The number of aromatic hydroxyl groups is 1. The van der Waals surface area contributed by atoms with E-state index in [2.05, 4.69) is 5.32 Å². The summed E-state index contributed by atoms with van der Waals surface area (Å²) in [6, 6.07) is 6.32. The number of nitrogens with one attached hydrogen (secondary N) is 1. The van der Waals surface area contributed by atoms with Crippen molar-refractivity contribution >= 4 is 5.97 Å². The highest BCUT2D eigenvalue weighted by atomic mass is 16.4. The minimum absolute atomic E-state index is 0.0390. The summed E-state index contributed by atoms with van der Waals surface area (Å²) < 4.78 is 0. The van der Waals surface area contributed by atoms with E-state index in [4.69, 9.17) is 5.11 Å². The van der Waals surface area contributed by atoms with E-state index in [9.17, 15) is 9.90 Å². The molecule has 2 saturated carbocycles. The molecule has 0 unspecified atom stereocenters. The first kappa shape index (κ1) is 17.3. The third-order valence-electron chi connectivity index (χ3n) is 6.41. The van der Waals surface area contributed by atoms with Crippen molar-refractivity contribution in [1.82, 2.24) is 5.32 Å². The Morgan fingerprint density at radius 2 is 1.88 bits per heavy atom. The monoisotopic (exact) mass is 331 g/mol. The molecule has 0 aromatic heterocycles. The van der Waals surface area contributed by atoms with Crippen LogP contribution in [-0.2, 0) is 16.6 Å². The molecule has 0 bridgehead atoms. The van der Waals surface area contributed by atoms with Crippen LogP contribution in [0.15, 0.2) is 18.2 Å². The Hall–Kier alpha value is -1.55. The normalized spacial score (nSPS) is 26.4. The summed E-state index contributed by atoms with van der Waals surface area (Å²) in [5.41, 5.74) is 1.60. The van der Waals surface area contributed by atoms with Gasteiger partial charge >= 0.3 is 5.97 Å². The Kier molecular flexibility index (Phi) is 5.14. The fraction of sp³-hybridized carbons (Fsp3) is 0.650. The first-order valence-electron chi connectivity index (χ1n) is 9.27. The Balaban J connectivity index is 1.92. The minimum Gasteiger partial charge on any atom is -0.507 e. The Labute approximate surface area is 144 Å². The smallest absolute Gasteiger partial charge is 0.307 e. The number of carboxylic acid groups (broad SMARTS) is 1. The maximum absolute atomic E-state index is 11.1. The van der Waals surface area contributed by atoms with Crippen LogP contribution in [0.25, 0.3) is 0 Å². The number of benzene rings is 1. The molecule has 1 aromatic rings. The summed E-state index contributed by atoms with van der Waals surface area (Å²) >= 11 is 0. The lowest BCUT2D eigenvalue weighted by Gasteiger charge is -2.42. The van der Waals surface area contributed by atoms with Crippen LogP contribution in [0, 0.1) is 5.92 Å². The second kappa shape index (κ2) is 7.14. The molecule has 0 amide bonds. The molecule has 2 aliphatic carbocycles. The average molecular weight is 331 g/mol. The Morgan fingerprint density at radius 1 is 1.21 bits per heavy atom. The van der Waals surface area contributed by atoms with Gasteiger partial charge in [-0.1, -0.05) is 31.0 Å². The summed E-state index contributed by atoms with van der Waals surface area (Å²) in [6.07, 6.45) is 9.29. The minimum atomic E-state index is -0.891. The second-order valence-electron chi connectivity index (χ2n) is 7.58. The van der Waals surface area contributed by atoms with E-state index in [1.54, 1.807) is 6.07 Å². The van der Waals surface area contributed by atoms with Gasteiger partial charge in [-0.15, -0.1) is 0 Å². The molecule has 3 N–H and O–H groups in total. The van der Waals surface area contributed by atoms with Crippen molar-refractivity contribution in [2.24, 2.45) is 5.92 Å². The molecule has 0 radical (unpaired) electrons. The van der Waals surface area contributed by atoms with Gasteiger partial charge in [-0.3, -0.25) is 4.79 Å². The van der Waals surface area contributed by atoms with Gasteiger partial charge in [-0.05, 0) is 51.5 Å². The first-order chi connectivity index (χ1) is 11.6. The maximum atomic E-state index is 11.1. The van der Waals surface area contributed by atoms with E-state index in [0.717, 1.165) is 18.4 Å². The van der Waals surface area contributed by atoms with Gasteiger partial charge in [0.05, 0.1) is 6.42 Å². The van der Waals surface area contributed by atoms with Crippen molar-refractivity contribution in [2.45, 2.75) is 69.2 Å². The Morgan fingerprint density at radius 3 is 2.46 bits per heavy atom. The third-order valence-corrected chi connectivity index (χ3v) is 6.41. The van der Waals surface area contributed by atoms with E-state index >= 15 is 0 Å². The van der Waals surface area contributed by atoms with Crippen LogP contribution in [0.2, 0.25) is 0 Å². The largest absolute Gasteiger partial charge is 0.507 e. The van der Waals surface area contributed by atoms with Crippen molar-refractivity contribution in [3.8, 4) is 5.75 Å². The molecule has 0 atom stereocenters. The number of hydrogen-bond donors (Lipinski definition) is 3. The molecule has 4 nitrogen and oxygen atoms in total. The zero-order chi connectivity index (χ0) is 17.2. The molecule has 0 heterocycles. The van der Waals surface area contributed by atoms with Gasteiger partial charge in [0.25, 0.3) is 0 Å². The third kappa shape index (κ3) is 3.16. The fourth-order valence-electron chi connectivity index (χ4n) is 5.14. The fourth-order valence-corrected chi connectivity index (χ4v) is 5.14. The Bertz CT molecular complexity index is 585. The first-order valence-corrected chi connectivity index (χ1v) is 9.27. The van der Waals surface area contributed by atoms with Crippen molar-refractivity contribution in [1.29, 1.82) is 0 Å². The molecule has 0 saturated heterocycles. The predicted molar refractivity (Wildman–Crippen MR) is 94.4 cm³/mol. The van der Waals surface area contributed by atoms with Crippen LogP contribution in [0.3, 0.4) is 0 Å². The van der Waals surface area contributed by atoms with E-state index < -0.39 is 5.97 Å². The van der Waals surface area contributed by atoms with Crippen molar-refractivity contribution in [3.63, 3.8) is 0 Å². The van der Waals surface area contributed by atoms with E-state index in [-0.39, 0.29) is 17.6 Å². The molecule has 0 spiro atoms. The van der Waals surface area contributed by atoms with Gasteiger partial charge in [-0.25, -0.2) is 0 Å². The molecule has 2 aliphatic rings. The number of carboxylic acids is 1. The number of carbonyl (C=O) groups is 1. The second-order valence-corrected chi connectivity index (χ2v) is 7.58. The zero-order valence-electron chi connectivity index (χ0n) is 14.6. The van der Waals surface area contributed by atoms with Gasteiger partial charge in [0.2, 0.25) is 0 Å². The molecular weight excluding hydrogens is 302 g/mol. The van der Waals surface area contributed by atoms with Crippen LogP contribution < -0.4 is 5.32 Å². The molecule has 3 rings (SSSR count). The van der Waals surface area contributed by atoms with Crippen molar-refractivity contribution in [3.05, 3.63) is 29.3 Å². The highest BCUT2D eigenvalue weighted by molar-refractivity contribution is 5.71. The summed E-state index contributed by atoms with van der Waals surface area (Å²) in [6.45, 7) is 0. The van der Waals surface area contributed by atoms with Crippen molar-refractivity contribution in [2.75, 3.05) is 7.05 Å². The molecular formula is C20H29NO3. The van der Waals surface area contributed by atoms with Crippen LogP contribution in [0.1, 0.15) is 62.5 Å². The summed E-state index contributed by atoms with van der Waals surface area (Å²) in [7, 11) is 2.04. The molecule has 4 heteroatoms. The molecule has 0 aliphatic heterocycles. The molecule has 2 fully saturated rings.